The summed E-state index contributed by atoms with van der Waals surface area (Å²) in [5.41, 5.74) is 0.922. The number of rotatable bonds is 4. The minimum Gasteiger partial charge on any atom is -0.490 e. The van der Waals surface area contributed by atoms with Gasteiger partial charge in [-0.05, 0) is 51.0 Å². The van der Waals surface area contributed by atoms with Crippen molar-refractivity contribution in [2.45, 2.75) is 57.3 Å². The lowest BCUT2D eigenvalue weighted by Gasteiger charge is -2.38. The van der Waals surface area contributed by atoms with Crippen LogP contribution in [-0.2, 0) is 4.74 Å². The number of ether oxygens (including phenoxy) is 2. The molecule has 3 heterocycles. The van der Waals surface area contributed by atoms with E-state index in [9.17, 15) is 4.79 Å². The van der Waals surface area contributed by atoms with Gasteiger partial charge in [0.2, 0.25) is 0 Å². The third kappa shape index (κ3) is 4.15. The van der Waals surface area contributed by atoms with E-state index in [1.165, 1.54) is 5.69 Å². The predicted molar refractivity (Wildman–Crippen MR) is 105 cm³/mol. The average Bonchev–Trinajstić information content (AvgIpc) is 3.04. The Bertz CT molecular complexity index is 645. The van der Waals surface area contributed by atoms with E-state index in [2.05, 4.69) is 53.2 Å². The standard InChI is InChI=1S/C21H31N3O3/c1-16(2)23-11-7-19(8-12-23)26-18-5-3-17(4-6-18)24-13-9-21(10-14-24)15-22-20(25)27-21/h3-6,16,19H,7-15H2,1-2H3,(H,22,25). The highest BCUT2D eigenvalue weighted by atomic mass is 16.6. The van der Waals surface area contributed by atoms with Crippen molar-refractivity contribution < 1.29 is 14.3 Å². The van der Waals surface area contributed by atoms with Crippen LogP contribution in [0.4, 0.5) is 10.5 Å². The van der Waals surface area contributed by atoms with Gasteiger partial charge in [0, 0.05) is 50.7 Å². The molecule has 27 heavy (non-hydrogen) atoms. The van der Waals surface area contributed by atoms with Crippen molar-refractivity contribution in [3.63, 3.8) is 0 Å². The van der Waals surface area contributed by atoms with Gasteiger partial charge in [-0.25, -0.2) is 4.79 Å². The summed E-state index contributed by atoms with van der Waals surface area (Å²) < 4.78 is 11.7. The van der Waals surface area contributed by atoms with E-state index in [1.807, 2.05) is 0 Å². The van der Waals surface area contributed by atoms with Gasteiger partial charge in [-0.2, -0.15) is 0 Å². The van der Waals surface area contributed by atoms with Gasteiger partial charge in [-0.1, -0.05) is 0 Å². The van der Waals surface area contributed by atoms with E-state index in [0.29, 0.717) is 18.7 Å². The molecule has 0 radical (unpaired) electrons. The third-order valence-corrected chi connectivity index (χ3v) is 6.25. The van der Waals surface area contributed by atoms with Crippen LogP contribution in [0.15, 0.2) is 24.3 Å². The first-order valence-corrected chi connectivity index (χ1v) is 10.3. The molecule has 1 aromatic rings. The van der Waals surface area contributed by atoms with Crippen molar-refractivity contribution in [1.29, 1.82) is 0 Å². The molecule has 1 amide bonds. The maximum Gasteiger partial charge on any atom is 0.407 e. The van der Waals surface area contributed by atoms with Gasteiger partial charge in [-0.3, -0.25) is 0 Å². The maximum atomic E-state index is 11.4. The molecular formula is C21H31N3O3. The molecule has 6 heteroatoms. The molecule has 3 aliphatic heterocycles. The highest BCUT2D eigenvalue weighted by molar-refractivity contribution is 5.70. The minimum atomic E-state index is -0.290. The van der Waals surface area contributed by atoms with E-state index in [-0.39, 0.29) is 11.7 Å². The molecule has 0 aliphatic carbocycles. The summed E-state index contributed by atoms with van der Waals surface area (Å²) in [7, 11) is 0. The summed E-state index contributed by atoms with van der Waals surface area (Å²) in [5, 5.41) is 2.79. The number of carbonyl (C=O) groups is 1. The SMILES string of the molecule is CC(C)N1CCC(Oc2ccc(N3CCC4(CC3)CNC(=O)O4)cc2)CC1. The summed E-state index contributed by atoms with van der Waals surface area (Å²) in [5.74, 6) is 0.962. The van der Waals surface area contributed by atoms with Crippen molar-refractivity contribution in [3.05, 3.63) is 24.3 Å². The molecule has 0 bridgehead atoms. The third-order valence-electron chi connectivity index (χ3n) is 6.25. The number of anilines is 1. The normalized spacial score (nSPS) is 23.5. The lowest BCUT2D eigenvalue weighted by molar-refractivity contribution is 0.0367. The summed E-state index contributed by atoms with van der Waals surface area (Å²) in [6.07, 6.45) is 3.99. The molecule has 4 rings (SSSR count). The van der Waals surface area contributed by atoms with Gasteiger partial charge in [0.25, 0.3) is 0 Å². The first kappa shape index (κ1) is 18.4. The van der Waals surface area contributed by atoms with Crippen molar-refractivity contribution in [2.24, 2.45) is 0 Å². The Morgan fingerprint density at radius 3 is 2.33 bits per heavy atom. The number of carbonyl (C=O) groups excluding carboxylic acids is 1. The lowest BCUT2D eigenvalue weighted by atomic mass is 9.91. The number of hydrogen-bond donors (Lipinski definition) is 1. The van der Waals surface area contributed by atoms with Crippen LogP contribution in [0, 0.1) is 0 Å². The molecule has 1 spiro atoms. The number of nitrogens with zero attached hydrogens (tertiary/aromatic N) is 2. The largest absolute Gasteiger partial charge is 0.490 e. The summed E-state index contributed by atoms with van der Waals surface area (Å²) >= 11 is 0. The smallest absolute Gasteiger partial charge is 0.407 e. The molecule has 148 valence electrons. The van der Waals surface area contributed by atoms with E-state index in [1.54, 1.807) is 0 Å². The van der Waals surface area contributed by atoms with Gasteiger partial charge >= 0.3 is 6.09 Å². The predicted octanol–water partition coefficient (Wildman–Crippen LogP) is 3.02. The van der Waals surface area contributed by atoms with Crippen LogP contribution in [0.2, 0.25) is 0 Å². The maximum absolute atomic E-state index is 11.4. The van der Waals surface area contributed by atoms with Crippen LogP contribution in [0.25, 0.3) is 0 Å². The first-order valence-electron chi connectivity index (χ1n) is 10.3. The molecule has 0 unspecified atom stereocenters. The quantitative estimate of drug-likeness (QED) is 0.879. The van der Waals surface area contributed by atoms with E-state index < -0.39 is 0 Å². The molecule has 0 aromatic heterocycles. The fraction of sp³-hybridized carbons (Fsp3) is 0.667. The fourth-order valence-corrected chi connectivity index (χ4v) is 4.39. The minimum absolute atomic E-state index is 0.274. The number of piperidine rings is 2. The van der Waals surface area contributed by atoms with Gasteiger partial charge in [-0.15, -0.1) is 0 Å². The zero-order valence-electron chi connectivity index (χ0n) is 16.4. The highest BCUT2D eigenvalue weighted by Gasteiger charge is 2.42. The monoisotopic (exact) mass is 373 g/mol. The number of hydrogen-bond acceptors (Lipinski definition) is 5. The Kier molecular flexibility index (Phi) is 5.17. The highest BCUT2D eigenvalue weighted by Crippen LogP contribution is 2.32. The summed E-state index contributed by atoms with van der Waals surface area (Å²) in [6, 6.07) is 9.10. The van der Waals surface area contributed by atoms with Crippen molar-refractivity contribution in [1.82, 2.24) is 10.2 Å². The fourth-order valence-electron chi connectivity index (χ4n) is 4.39. The van der Waals surface area contributed by atoms with Crippen LogP contribution >= 0.6 is 0 Å². The lowest BCUT2D eigenvalue weighted by Crippen LogP contribution is -2.46. The number of likely N-dealkylation sites (tertiary alicyclic amines) is 1. The van der Waals surface area contributed by atoms with Crippen LogP contribution in [0.1, 0.15) is 39.5 Å². The van der Waals surface area contributed by atoms with Crippen molar-refractivity contribution in [3.8, 4) is 5.75 Å². The molecule has 6 nitrogen and oxygen atoms in total. The molecule has 0 saturated carbocycles. The topological polar surface area (TPSA) is 54.0 Å². The molecule has 1 aromatic carbocycles. The zero-order valence-corrected chi connectivity index (χ0v) is 16.4. The van der Waals surface area contributed by atoms with Gasteiger partial charge in [0.15, 0.2) is 0 Å². The van der Waals surface area contributed by atoms with E-state index in [4.69, 9.17) is 9.47 Å². The molecule has 3 fully saturated rings. The number of alkyl carbamates (subject to hydrolysis) is 1. The van der Waals surface area contributed by atoms with Crippen LogP contribution in [-0.4, -0.2) is 61.5 Å². The molecule has 3 saturated heterocycles. The van der Waals surface area contributed by atoms with E-state index in [0.717, 1.165) is 57.6 Å². The second-order valence-electron chi connectivity index (χ2n) is 8.35. The van der Waals surface area contributed by atoms with Crippen molar-refractivity contribution in [2.75, 3.05) is 37.6 Å². The van der Waals surface area contributed by atoms with Crippen LogP contribution in [0.5, 0.6) is 5.75 Å². The molecule has 3 aliphatic rings. The van der Waals surface area contributed by atoms with Gasteiger partial charge < -0.3 is 24.6 Å². The Morgan fingerprint density at radius 1 is 1.11 bits per heavy atom. The second kappa shape index (κ2) is 7.58. The van der Waals surface area contributed by atoms with Crippen LogP contribution in [0.3, 0.4) is 0 Å². The van der Waals surface area contributed by atoms with E-state index >= 15 is 0 Å². The first-order chi connectivity index (χ1) is 13.0. The Morgan fingerprint density at radius 2 is 1.78 bits per heavy atom. The zero-order chi connectivity index (χ0) is 18.9. The molecule has 0 atom stereocenters. The summed E-state index contributed by atoms with van der Waals surface area (Å²) in [4.78, 5) is 16.2. The van der Waals surface area contributed by atoms with Gasteiger partial charge in [0.05, 0.1) is 6.54 Å². The number of benzene rings is 1. The molecular weight excluding hydrogens is 342 g/mol. The Balaban J connectivity index is 1.28. The average molecular weight is 373 g/mol. The summed E-state index contributed by atoms with van der Waals surface area (Å²) in [6.45, 7) is 9.21. The Hall–Kier alpha value is -1.95. The second-order valence-corrected chi connectivity index (χ2v) is 8.35. The number of nitrogens with one attached hydrogen (secondary N) is 1. The van der Waals surface area contributed by atoms with Gasteiger partial charge in [0.1, 0.15) is 17.5 Å². The number of amides is 1. The molecule has 1 N–H and O–H groups in total. The van der Waals surface area contributed by atoms with Crippen LogP contribution < -0.4 is 15.0 Å². The van der Waals surface area contributed by atoms with Crippen molar-refractivity contribution >= 4 is 11.8 Å². The Labute approximate surface area is 161 Å².